The fourth-order valence-electron chi connectivity index (χ4n) is 5.10. The molecule has 3 amide bonds. The third-order valence-corrected chi connectivity index (χ3v) is 6.57. The van der Waals surface area contributed by atoms with Gasteiger partial charge in [0.2, 0.25) is 17.7 Å². The predicted molar refractivity (Wildman–Crippen MR) is 107 cm³/mol. The summed E-state index contributed by atoms with van der Waals surface area (Å²) in [7, 11) is 0. The summed E-state index contributed by atoms with van der Waals surface area (Å²) in [6.07, 6.45) is 2.37. The molecule has 3 heterocycles. The van der Waals surface area contributed by atoms with E-state index in [2.05, 4.69) is 24.5 Å². The van der Waals surface area contributed by atoms with Crippen LogP contribution in [0.25, 0.3) is 0 Å². The summed E-state index contributed by atoms with van der Waals surface area (Å²) >= 11 is 6.32. The van der Waals surface area contributed by atoms with Crippen molar-refractivity contribution in [1.82, 2.24) is 10.2 Å². The second-order valence-corrected chi connectivity index (χ2v) is 8.90. The Morgan fingerprint density at radius 3 is 2.64 bits per heavy atom. The van der Waals surface area contributed by atoms with Crippen LogP contribution in [0.5, 0.6) is 0 Å². The summed E-state index contributed by atoms with van der Waals surface area (Å²) in [4.78, 5) is 41.2. The third kappa shape index (κ3) is 2.54. The Bertz CT molecular complexity index is 855. The van der Waals surface area contributed by atoms with Crippen molar-refractivity contribution in [2.24, 2.45) is 17.8 Å². The highest BCUT2D eigenvalue weighted by Crippen LogP contribution is 2.54. The van der Waals surface area contributed by atoms with Gasteiger partial charge in [-0.1, -0.05) is 50.9 Å². The van der Waals surface area contributed by atoms with Gasteiger partial charge in [-0.2, -0.15) is 0 Å². The number of unbranched alkanes of at least 4 members (excludes halogenated alkanes) is 1. The molecular weight excluding hydrogens is 378 g/mol. The van der Waals surface area contributed by atoms with Gasteiger partial charge in [-0.3, -0.25) is 24.6 Å². The van der Waals surface area contributed by atoms with Crippen LogP contribution in [0.4, 0.5) is 5.69 Å². The smallest absolute Gasteiger partial charge is 0.250 e. The van der Waals surface area contributed by atoms with Gasteiger partial charge in [0.25, 0.3) is 0 Å². The van der Waals surface area contributed by atoms with Gasteiger partial charge in [-0.25, -0.2) is 0 Å². The number of nitrogens with one attached hydrogen (secondary N) is 2. The predicted octanol–water partition coefficient (Wildman–Crippen LogP) is 2.91. The molecule has 0 bridgehead atoms. The van der Waals surface area contributed by atoms with E-state index in [0.717, 1.165) is 12.8 Å². The van der Waals surface area contributed by atoms with Crippen molar-refractivity contribution < 1.29 is 14.4 Å². The maximum absolute atomic E-state index is 13.4. The van der Waals surface area contributed by atoms with Crippen LogP contribution in [-0.2, 0) is 19.9 Å². The van der Waals surface area contributed by atoms with Gasteiger partial charge in [0.15, 0.2) is 0 Å². The van der Waals surface area contributed by atoms with Gasteiger partial charge in [-0.05, 0) is 24.8 Å². The molecule has 3 aliphatic heterocycles. The summed E-state index contributed by atoms with van der Waals surface area (Å²) in [5.41, 5.74) is -0.0272. The topological polar surface area (TPSA) is 78.5 Å². The van der Waals surface area contributed by atoms with Gasteiger partial charge < -0.3 is 5.32 Å². The lowest BCUT2D eigenvalue weighted by atomic mass is 9.76. The maximum atomic E-state index is 13.4. The zero-order valence-electron chi connectivity index (χ0n) is 16.4. The van der Waals surface area contributed by atoms with Crippen LogP contribution in [-0.4, -0.2) is 35.2 Å². The van der Waals surface area contributed by atoms with Gasteiger partial charge in [0, 0.05) is 18.2 Å². The van der Waals surface area contributed by atoms with Crippen LogP contribution in [0.3, 0.4) is 0 Å². The zero-order valence-corrected chi connectivity index (χ0v) is 17.2. The molecule has 1 aromatic rings. The van der Waals surface area contributed by atoms with Crippen LogP contribution in [0.2, 0.25) is 5.02 Å². The van der Waals surface area contributed by atoms with E-state index >= 15 is 0 Å². The van der Waals surface area contributed by atoms with E-state index in [1.807, 2.05) is 13.0 Å². The number of fused-ring (bicyclic) bond motifs is 4. The van der Waals surface area contributed by atoms with Crippen LogP contribution in [0, 0.1) is 17.8 Å². The molecule has 7 heteroatoms. The van der Waals surface area contributed by atoms with E-state index in [1.165, 1.54) is 4.90 Å². The molecule has 150 valence electrons. The summed E-state index contributed by atoms with van der Waals surface area (Å²) in [5.74, 6) is -1.63. The number of nitrogens with zero attached hydrogens (tertiary/aromatic N) is 1. The van der Waals surface area contributed by atoms with Crippen molar-refractivity contribution in [3.05, 3.63) is 28.8 Å². The highest BCUT2D eigenvalue weighted by molar-refractivity contribution is 6.35. The minimum atomic E-state index is -1.24. The number of amides is 3. The SMILES string of the molecule is CCCCN1C(=O)[C@H]2[C@@H](C1=O)[C@@]1(N[C@@H]2CC(C)C)C(=O)Nc2c(Cl)cccc21. The lowest BCUT2D eigenvalue weighted by Crippen LogP contribution is -2.53. The van der Waals surface area contributed by atoms with E-state index in [-0.39, 0.29) is 23.8 Å². The van der Waals surface area contributed by atoms with Gasteiger partial charge in [0.05, 0.1) is 22.5 Å². The van der Waals surface area contributed by atoms with Crippen molar-refractivity contribution >= 4 is 35.0 Å². The average Bonchev–Trinajstić information content (AvgIpc) is 3.20. The molecule has 0 aliphatic carbocycles. The zero-order chi connectivity index (χ0) is 20.2. The number of halogens is 1. The van der Waals surface area contributed by atoms with Crippen molar-refractivity contribution in [3.8, 4) is 0 Å². The molecule has 4 atom stereocenters. The van der Waals surface area contributed by atoms with Crippen LogP contribution < -0.4 is 10.6 Å². The first-order chi connectivity index (χ1) is 13.3. The normalized spacial score (nSPS) is 31.1. The van der Waals surface area contributed by atoms with Crippen molar-refractivity contribution in [1.29, 1.82) is 0 Å². The number of carbonyl (C=O) groups is 3. The lowest BCUT2D eigenvalue weighted by Gasteiger charge is -2.29. The molecule has 4 rings (SSSR count). The Morgan fingerprint density at radius 1 is 1.21 bits per heavy atom. The Kier molecular flexibility index (Phi) is 4.74. The molecule has 0 radical (unpaired) electrons. The number of benzene rings is 1. The van der Waals surface area contributed by atoms with E-state index in [9.17, 15) is 14.4 Å². The molecule has 6 nitrogen and oxygen atoms in total. The van der Waals surface area contributed by atoms with Crippen molar-refractivity contribution in [3.63, 3.8) is 0 Å². The minimum Gasteiger partial charge on any atom is -0.323 e. The quantitative estimate of drug-likeness (QED) is 0.741. The van der Waals surface area contributed by atoms with Crippen LogP contribution in [0.15, 0.2) is 18.2 Å². The second-order valence-electron chi connectivity index (χ2n) is 8.49. The molecule has 0 saturated carbocycles. The molecule has 1 spiro atoms. The number of para-hydroxylation sites is 1. The summed E-state index contributed by atoms with van der Waals surface area (Å²) < 4.78 is 0. The summed E-state index contributed by atoms with van der Waals surface area (Å²) in [6.45, 7) is 6.60. The van der Waals surface area contributed by atoms with Gasteiger partial charge >= 0.3 is 0 Å². The Labute approximate surface area is 170 Å². The fourth-order valence-corrected chi connectivity index (χ4v) is 5.32. The standard InChI is InChI=1S/C21H26ClN3O3/c1-4-5-9-25-18(26)15-14(10-11(2)3)24-21(16(15)19(25)27)12-7-6-8-13(22)17(12)23-20(21)28/h6-8,11,14-16,24H,4-5,9-10H2,1-3H3,(H,23,28)/t14-,15-,16+,21-/m1/s1. The number of likely N-dealkylation sites (tertiary alicyclic amines) is 1. The van der Waals surface area contributed by atoms with E-state index in [1.54, 1.807) is 12.1 Å². The fraction of sp³-hybridized carbons (Fsp3) is 0.571. The number of hydrogen-bond acceptors (Lipinski definition) is 4. The molecule has 2 fully saturated rings. The first-order valence-electron chi connectivity index (χ1n) is 10.1. The largest absolute Gasteiger partial charge is 0.323 e. The molecule has 2 saturated heterocycles. The number of rotatable bonds is 5. The number of anilines is 1. The monoisotopic (exact) mass is 403 g/mol. The average molecular weight is 404 g/mol. The highest BCUT2D eigenvalue weighted by atomic mass is 35.5. The first-order valence-corrected chi connectivity index (χ1v) is 10.4. The molecule has 0 aromatic heterocycles. The van der Waals surface area contributed by atoms with Crippen LogP contribution in [0.1, 0.15) is 45.6 Å². The molecular formula is C21H26ClN3O3. The Morgan fingerprint density at radius 2 is 1.96 bits per heavy atom. The van der Waals surface area contributed by atoms with E-state index in [0.29, 0.717) is 35.2 Å². The highest BCUT2D eigenvalue weighted by Gasteiger charge is 2.70. The number of hydrogen-bond donors (Lipinski definition) is 2. The lowest BCUT2D eigenvalue weighted by molar-refractivity contribution is -0.142. The molecule has 3 aliphatic rings. The van der Waals surface area contributed by atoms with Gasteiger partial charge in [-0.15, -0.1) is 0 Å². The first kappa shape index (κ1) is 19.4. The third-order valence-electron chi connectivity index (χ3n) is 6.25. The molecule has 1 aromatic carbocycles. The molecule has 28 heavy (non-hydrogen) atoms. The number of carbonyl (C=O) groups excluding carboxylic acids is 3. The van der Waals surface area contributed by atoms with E-state index in [4.69, 9.17) is 11.6 Å². The second kappa shape index (κ2) is 6.85. The Balaban J connectivity index is 1.84. The molecule has 2 N–H and O–H groups in total. The number of imide groups is 1. The van der Waals surface area contributed by atoms with E-state index < -0.39 is 17.4 Å². The van der Waals surface area contributed by atoms with Gasteiger partial charge in [0.1, 0.15) is 5.54 Å². The summed E-state index contributed by atoms with van der Waals surface area (Å²) in [5, 5.41) is 6.73. The Hall–Kier alpha value is -1.92. The van der Waals surface area contributed by atoms with Crippen LogP contribution >= 0.6 is 11.6 Å². The summed E-state index contributed by atoms with van der Waals surface area (Å²) in [6, 6.07) is 5.09. The van der Waals surface area contributed by atoms with Crippen molar-refractivity contribution in [2.75, 3.05) is 11.9 Å². The minimum absolute atomic E-state index is 0.151. The van der Waals surface area contributed by atoms with Crippen molar-refractivity contribution in [2.45, 2.75) is 51.6 Å². The maximum Gasteiger partial charge on any atom is 0.250 e. The molecule has 0 unspecified atom stereocenters.